The van der Waals surface area contributed by atoms with Crippen molar-refractivity contribution in [2.45, 2.75) is 45.6 Å². The second-order valence-corrected chi connectivity index (χ2v) is 9.32. The zero-order valence-electron chi connectivity index (χ0n) is 19.2. The molecule has 0 aliphatic heterocycles. The third-order valence-corrected chi connectivity index (χ3v) is 6.41. The first-order valence-electron chi connectivity index (χ1n) is 11.5. The Hall–Kier alpha value is -3.52. The minimum absolute atomic E-state index is 0.154. The highest BCUT2D eigenvalue weighted by atomic mass is 32.1. The van der Waals surface area contributed by atoms with Gasteiger partial charge in [0.05, 0.1) is 0 Å². The predicted octanol–water partition coefficient (Wildman–Crippen LogP) is 5.30. The van der Waals surface area contributed by atoms with Crippen LogP contribution in [0.3, 0.4) is 0 Å². The number of aryl methyl sites for hydroxylation is 1. The van der Waals surface area contributed by atoms with E-state index in [0.717, 1.165) is 30.6 Å². The van der Waals surface area contributed by atoms with Crippen molar-refractivity contribution in [1.82, 2.24) is 15.5 Å². The fraction of sp³-hybridized carbons (Fsp3) is 0.308. The van der Waals surface area contributed by atoms with Crippen molar-refractivity contribution in [3.05, 3.63) is 81.3 Å². The van der Waals surface area contributed by atoms with Gasteiger partial charge in [-0.1, -0.05) is 41.2 Å². The van der Waals surface area contributed by atoms with Crippen LogP contribution >= 0.6 is 11.3 Å². The van der Waals surface area contributed by atoms with Crippen molar-refractivity contribution >= 4 is 28.8 Å². The molecule has 34 heavy (non-hydrogen) atoms. The molecule has 8 heteroatoms. The van der Waals surface area contributed by atoms with Crippen molar-refractivity contribution in [1.29, 1.82) is 0 Å². The molecule has 0 atom stereocenters. The Morgan fingerprint density at radius 3 is 2.76 bits per heavy atom. The summed E-state index contributed by atoms with van der Waals surface area (Å²) >= 11 is 1.17. The number of carbonyl (C=O) groups is 2. The number of carbonyl (C=O) groups excluding carboxylic acids is 2. The highest BCUT2D eigenvalue weighted by Gasteiger charge is 2.15. The number of aromatic nitrogens is 2. The second kappa shape index (κ2) is 11.6. The van der Waals surface area contributed by atoms with Gasteiger partial charge in [0, 0.05) is 17.8 Å². The number of hydrogen-bond acceptors (Lipinski definition) is 6. The van der Waals surface area contributed by atoms with Crippen LogP contribution in [-0.4, -0.2) is 28.6 Å². The molecule has 1 heterocycles. The van der Waals surface area contributed by atoms with Crippen molar-refractivity contribution in [3.63, 3.8) is 0 Å². The number of anilines is 1. The highest BCUT2D eigenvalue weighted by Crippen LogP contribution is 2.20. The van der Waals surface area contributed by atoms with Crippen LogP contribution in [0.25, 0.3) is 0 Å². The fourth-order valence-corrected chi connectivity index (χ4v) is 4.40. The molecule has 1 aromatic heterocycles. The molecular formula is C26H28N4O3S. The zero-order valence-corrected chi connectivity index (χ0v) is 20.0. The first-order chi connectivity index (χ1) is 16.6. The Balaban J connectivity index is 1.28. The first-order valence-corrected chi connectivity index (χ1v) is 12.3. The third kappa shape index (κ3) is 6.74. The molecule has 0 saturated heterocycles. The summed E-state index contributed by atoms with van der Waals surface area (Å²) in [6.45, 7) is 2.84. The molecule has 2 N–H and O–H groups in total. The molecule has 2 aromatic carbocycles. The highest BCUT2D eigenvalue weighted by molar-refractivity contribution is 7.13. The summed E-state index contributed by atoms with van der Waals surface area (Å²) in [6, 6.07) is 14.6. The van der Waals surface area contributed by atoms with Crippen LogP contribution in [0.15, 0.2) is 60.2 Å². The molecular weight excluding hydrogens is 448 g/mol. The van der Waals surface area contributed by atoms with Crippen LogP contribution in [0.5, 0.6) is 5.75 Å². The van der Waals surface area contributed by atoms with Crippen molar-refractivity contribution in [3.8, 4) is 5.75 Å². The molecule has 7 nitrogen and oxygen atoms in total. The minimum Gasteiger partial charge on any atom is -0.486 e. The van der Waals surface area contributed by atoms with Gasteiger partial charge in [-0.2, -0.15) is 0 Å². The van der Waals surface area contributed by atoms with E-state index in [4.69, 9.17) is 4.74 Å². The lowest BCUT2D eigenvalue weighted by Gasteiger charge is -2.13. The molecule has 2 amide bonds. The molecule has 0 saturated carbocycles. The van der Waals surface area contributed by atoms with Gasteiger partial charge in [0.1, 0.15) is 12.4 Å². The SMILES string of the molecule is Cc1cccc(OCc2nnc(C(=O)Nc3cccc(C(=O)NCCC4=CCCCC4)c3)s2)c1. The van der Waals surface area contributed by atoms with E-state index in [1.165, 1.54) is 29.8 Å². The molecule has 1 aliphatic rings. The first kappa shape index (κ1) is 23.6. The number of rotatable bonds is 9. The molecule has 4 rings (SSSR count). The number of nitrogens with zero attached hydrogens (tertiary/aromatic N) is 2. The van der Waals surface area contributed by atoms with E-state index in [2.05, 4.69) is 26.9 Å². The summed E-state index contributed by atoms with van der Waals surface area (Å²) in [5.74, 6) is 0.215. The average molecular weight is 477 g/mol. The summed E-state index contributed by atoms with van der Waals surface area (Å²) in [5.41, 5.74) is 3.56. The van der Waals surface area contributed by atoms with Gasteiger partial charge in [-0.05, 0) is 74.9 Å². The van der Waals surface area contributed by atoms with Gasteiger partial charge in [-0.15, -0.1) is 10.2 Å². The van der Waals surface area contributed by atoms with Crippen LogP contribution in [0.1, 0.15) is 62.8 Å². The molecule has 0 fully saturated rings. The largest absolute Gasteiger partial charge is 0.486 e. The quantitative estimate of drug-likeness (QED) is 0.409. The van der Waals surface area contributed by atoms with E-state index >= 15 is 0 Å². The number of ether oxygens (including phenoxy) is 1. The smallest absolute Gasteiger partial charge is 0.286 e. The second-order valence-electron chi connectivity index (χ2n) is 8.26. The Morgan fingerprint density at radius 1 is 1.06 bits per heavy atom. The number of amides is 2. The van der Waals surface area contributed by atoms with E-state index in [0.29, 0.717) is 22.8 Å². The summed E-state index contributed by atoms with van der Waals surface area (Å²) in [4.78, 5) is 25.2. The van der Waals surface area contributed by atoms with Crippen LogP contribution in [0.2, 0.25) is 0 Å². The Morgan fingerprint density at radius 2 is 1.94 bits per heavy atom. The fourth-order valence-electron chi connectivity index (χ4n) is 3.75. The number of hydrogen-bond donors (Lipinski definition) is 2. The monoisotopic (exact) mass is 476 g/mol. The van der Waals surface area contributed by atoms with E-state index in [1.54, 1.807) is 24.3 Å². The lowest BCUT2D eigenvalue weighted by Crippen LogP contribution is -2.25. The lowest BCUT2D eigenvalue weighted by molar-refractivity contribution is 0.0952. The standard InChI is InChI=1S/C26H28N4O3S/c1-18-7-5-12-22(15-18)33-17-23-29-30-26(34-23)25(32)28-21-11-6-10-20(16-21)24(31)27-14-13-19-8-3-2-4-9-19/h5-8,10-12,15-16H,2-4,9,13-14,17H2,1H3,(H,27,31)(H,28,32). The maximum atomic E-state index is 12.6. The van der Waals surface area contributed by atoms with Crippen molar-refractivity contribution in [2.24, 2.45) is 0 Å². The Kier molecular flexibility index (Phi) is 8.04. The third-order valence-electron chi connectivity index (χ3n) is 5.51. The summed E-state index contributed by atoms with van der Waals surface area (Å²) < 4.78 is 5.73. The molecule has 1 aliphatic carbocycles. The summed E-state index contributed by atoms with van der Waals surface area (Å²) in [6.07, 6.45) is 7.93. The van der Waals surface area contributed by atoms with E-state index in [-0.39, 0.29) is 23.4 Å². The molecule has 0 spiro atoms. The van der Waals surface area contributed by atoms with E-state index in [1.807, 2.05) is 31.2 Å². The lowest BCUT2D eigenvalue weighted by atomic mass is 9.97. The van der Waals surface area contributed by atoms with Crippen molar-refractivity contribution in [2.75, 3.05) is 11.9 Å². The van der Waals surface area contributed by atoms with Gasteiger partial charge in [-0.3, -0.25) is 9.59 Å². The van der Waals surface area contributed by atoms with Crippen LogP contribution in [-0.2, 0) is 6.61 Å². The van der Waals surface area contributed by atoms with Crippen LogP contribution in [0.4, 0.5) is 5.69 Å². The summed E-state index contributed by atoms with van der Waals surface area (Å²) in [5, 5.41) is 14.6. The van der Waals surface area contributed by atoms with Crippen LogP contribution in [0, 0.1) is 6.92 Å². The number of allylic oxidation sites excluding steroid dienone is 1. The normalized spacial score (nSPS) is 13.1. The van der Waals surface area contributed by atoms with Gasteiger partial charge < -0.3 is 15.4 Å². The molecule has 3 aromatic rings. The molecule has 0 unspecified atom stereocenters. The molecule has 0 radical (unpaired) electrons. The Labute approximate surface area is 203 Å². The maximum Gasteiger partial charge on any atom is 0.286 e. The van der Waals surface area contributed by atoms with Gasteiger partial charge >= 0.3 is 0 Å². The maximum absolute atomic E-state index is 12.6. The zero-order chi connectivity index (χ0) is 23.8. The van der Waals surface area contributed by atoms with Crippen molar-refractivity contribution < 1.29 is 14.3 Å². The van der Waals surface area contributed by atoms with Gasteiger partial charge in [0.2, 0.25) is 5.01 Å². The molecule has 0 bridgehead atoms. The topological polar surface area (TPSA) is 93.2 Å². The van der Waals surface area contributed by atoms with Gasteiger partial charge in [-0.25, -0.2) is 0 Å². The van der Waals surface area contributed by atoms with Gasteiger partial charge in [0.25, 0.3) is 11.8 Å². The summed E-state index contributed by atoms with van der Waals surface area (Å²) in [7, 11) is 0. The van der Waals surface area contributed by atoms with E-state index < -0.39 is 0 Å². The molecule has 176 valence electrons. The Bertz CT molecular complexity index is 1190. The van der Waals surface area contributed by atoms with Gasteiger partial charge in [0.15, 0.2) is 5.01 Å². The predicted molar refractivity (Wildman–Crippen MR) is 133 cm³/mol. The van der Waals surface area contributed by atoms with Crippen LogP contribution < -0.4 is 15.4 Å². The number of benzene rings is 2. The average Bonchev–Trinajstić information content (AvgIpc) is 3.33. The van der Waals surface area contributed by atoms with E-state index in [9.17, 15) is 9.59 Å². The minimum atomic E-state index is -0.374. The number of nitrogens with one attached hydrogen (secondary N) is 2.